The van der Waals surface area contributed by atoms with Crippen molar-refractivity contribution in [3.63, 3.8) is 0 Å². The van der Waals surface area contributed by atoms with E-state index in [0.29, 0.717) is 0 Å². The number of ether oxygens (including phenoxy) is 1. The van der Waals surface area contributed by atoms with Crippen molar-refractivity contribution in [1.29, 1.82) is 0 Å². The maximum atomic E-state index is 12.7. The molecule has 0 fully saturated rings. The van der Waals surface area contributed by atoms with Crippen molar-refractivity contribution in [3.8, 4) is 0 Å². The zero-order chi connectivity index (χ0) is 17.6. The van der Waals surface area contributed by atoms with Crippen LogP contribution in [0, 0.1) is 5.41 Å². The second kappa shape index (κ2) is 5.43. The number of nitrogens with zero attached hydrogens (tertiary/aromatic N) is 1. The third-order valence-corrected chi connectivity index (χ3v) is 4.90. The predicted molar refractivity (Wildman–Crippen MR) is 74.6 cm³/mol. The van der Waals surface area contributed by atoms with Gasteiger partial charge in [0.25, 0.3) is 9.84 Å². The van der Waals surface area contributed by atoms with E-state index in [0.717, 1.165) is 6.08 Å². The molecule has 128 valence electrons. The lowest BCUT2D eigenvalue weighted by atomic mass is 9.89. The smallest absolute Gasteiger partial charge is 0.444 e. The van der Waals surface area contributed by atoms with Crippen molar-refractivity contribution in [2.75, 3.05) is 13.1 Å². The Bertz CT molecular complexity index is 585. The zero-order valence-corrected chi connectivity index (χ0v) is 13.9. The topological polar surface area (TPSA) is 63.7 Å². The Morgan fingerprint density at radius 2 is 1.77 bits per heavy atom. The Morgan fingerprint density at radius 1 is 1.27 bits per heavy atom. The number of alkyl halides is 3. The molecule has 1 rings (SSSR count). The third kappa shape index (κ3) is 3.93. The second-order valence-electron chi connectivity index (χ2n) is 6.76. The van der Waals surface area contributed by atoms with Crippen LogP contribution in [0.1, 0.15) is 34.6 Å². The van der Waals surface area contributed by atoms with E-state index in [1.54, 1.807) is 20.8 Å². The Hall–Kier alpha value is -1.25. The molecule has 9 heteroatoms. The van der Waals surface area contributed by atoms with Gasteiger partial charge in [0.2, 0.25) is 0 Å². The van der Waals surface area contributed by atoms with Crippen molar-refractivity contribution < 1.29 is 31.1 Å². The highest BCUT2D eigenvalue weighted by Crippen LogP contribution is 2.41. The summed E-state index contributed by atoms with van der Waals surface area (Å²) in [4.78, 5) is 12.4. The summed E-state index contributed by atoms with van der Waals surface area (Å²) in [5.74, 6) is 0. The number of hydrogen-bond acceptors (Lipinski definition) is 4. The minimum absolute atomic E-state index is 0.178. The van der Waals surface area contributed by atoms with Gasteiger partial charge in [0.1, 0.15) is 5.60 Å². The van der Waals surface area contributed by atoms with Gasteiger partial charge in [0.15, 0.2) is 0 Å². The normalized spacial score (nSPS) is 19.6. The Labute approximate surface area is 128 Å². The molecule has 0 aromatic rings. The highest BCUT2D eigenvalue weighted by molar-refractivity contribution is 7.96. The molecule has 1 amide bonds. The highest BCUT2D eigenvalue weighted by atomic mass is 32.2. The molecule has 0 aromatic heterocycles. The van der Waals surface area contributed by atoms with Crippen LogP contribution >= 0.6 is 0 Å². The van der Waals surface area contributed by atoms with E-state index >= 15 is 0 Å². The van der Waals surface area contributed by atoms with E-state index in [2.05, 4.69) is 0 Å². The Morgan fingerprint density at radius 3 is 2.14 bits per heavy atom. The third-order valence-electron chi connectivity index (χ3n) is 3.00. The van der Waals surface area contributed by atoms with E-state index < -0.39 is 37.4 Å². The van der Waals surface area contributed by atoms with Crippen molar-refractivity contribution in [1.82, 2.24) is 4.90 Å². The van der Waals surface area contributed by atoms with E-state index in [-0.39, 0.29) is 13.1 Å². The van der Waals surface area contributed by atoms with Gasteiger partial charge in [0, 0.05) is 18.5 Å². The number of carbonyl (C=O) groups is 1. The largest absolute Gasteiger partial charge is 0.501 e. The second-order valence-corrected chi connectivity index (χ2v) is 8.67. The molecule has 0 aliphatic carbocycles. The number of rotatable bonds is 1. The summed E-state index contributed by atoms with van der Waals surface area (Å²) >= 11 is 0. The first-order valence-electron chi connectivity index (χ1n) is 6.58. The van der Waals surface area contributed by atoms with Crippen molar-refractivity contribution in [2.45, 2.75) is 45.7 Å². The lowest BCUT2D eigenvalue weighted by Crippen LogP contribution is -2.47. The Kier molecular flexibility index (Phi) is 4.64. The fourth-order valence-electron chi connectivity index (χ4n) is 2.15. The van der Waals surface area contributed by atoms with Gasteiger partial charge in [-0.15, -0.1) is 0 Å². The molecule has 0 N–H and O–H groups in total. The van der Waals surface area contributed by atoms with Gasteiger partial charge in [0.05, 0.1) is 4.91 Å². The van der Waals surface area contributed by atoms with Gasteiger partial charge >= 0.3 is 11.6 Å². The molecule has 0 atom stereocenters. The lowest BCUT2D eigenvalue weighted by molar-refractivity contribution is -0.0433. The van der Waals surface area contributed by atoms with Gasteiger partial charge in [-0.3, -0.25) is 0 Å². The van der Waals surface area contributed by atoms with Crippen LogP contribution in [0.3, 0.4) is 0 Å². The Balaban J connectivity index is 3.09. The van der Waals surface area contributed by atoms with Gasteiger partial charge in [-0.05, 0) is 26.8 Å². The van der Waals surface area contributed by atoms with Gasteiger partial charge in [-0.2, -0.15) is 13.2 Å². The molecule has 0 bridgehead atoms. The number of amides is 1. The van der Waals surface area contributed by atoms with Crippen LogP contribution in [0.15, 0.2) is 11.0 Å². The zero-order valence-electron chi connectivity index (χ0n) is 13.1. The van der Waals surface area contributed by atoms with Crippen molar-refractivity contribution in [2.24, 2.45) is 5.41 Å². The predicted octanol–water partition coefficient (Wildman–Crippen LogP) is 3.08. The van der Waals surface area contributed by atoms with E-state index in [4.69, 9.17) is 4.74 Å². The van der Waals surface area contributed by atoms with Crippen LogP contribution < -0.4 is 0 Å². The van der Waals surface area contributed by atoms with Crippen molar-refractivity contribution in [3.05, 3.63) is 11.0 Å². The first-order chi connectivity index (χ1) is 9.58. The summed E-state index contributed by atoms with van der Waals surface area (Å²) in [7, 11) is -5.41. The van der Waals surface area contributed by atoms with Crippen LogP contribution in [0.25, 0.3) is 0 Å². The molecule has 1 aliphatic heterocycles. The fourth-order valence-corrected chi connectivity index (χ4v) is 3.49. The number of sulfone groups is 1. The fraction of sp³-hybridized carbons (Fsp3) is 0.769. The summed E-state index contributed by atoms with van der Waals surface area (Å²) in [6.07, 6.45) is 0.233. The monoisotopic (exact) mass is 343 g/mol. The summed E-state index contributed by atoms with van der Waals surface area (Å²) < 4.78 is 66.5. The molecular formula is C13H20F3NO4S. The summed E-state index contributed by atoms with van der Waals surface area (Å²) in [6, 6.07) is 0. The average molecular weight is 343 g/mol. The maximum absolute atomic E-state index is 12.7. The van der Waals surface area contributed by atoms with Gasteiger partial charge < -0.3 is 9.64 Å². The molecule has 0 aromatic carbocycles. The minimum atomic E-state index is -5.41. The average Bonchev–Trinajstić information content (AvgIpc) is 2.22. The molecule has 1 heterocycles. The van der Waals surface area contributed by atoms with Crippen LogP contribution in [0.2, 0.25) is 0 Å². The number of halogens is 3. The van der Waals surface area contributed by atoms with E-state index in [9.17, 15) is 26.4 Å². The minimum Gasteiger partial charge on any atom is -0.444 e. The highest BCUT2D eigenvalue weighted by Gasteiger charge is 2.53. The first kappa shape index (κ1) is 18.8. The molecule has 0 radical (unpaired) electrons. The van der Waals surface area contributed by atoms with Crippen molar-refractivity contribution >= 4 is 15.9 Å². The molecule has 0 saturated carbocycles. The van der Waals surface area contributed by atoms with Gasteiger partial charge in [-0.1, -0.05) is 13.8 Å². The molecule has 5 nitrogen and oxygen atoms in total. The molecule has 0 saturated heterocycles. The molecule has 1 aliphatic rings. The van der Waals surface area contributed by atoms with Gasteiger partial charge in [-0.25, -0.2) is 13.2 Å². The van der Waals surface area contributed by atoms with Crippen LogP contribution in [-0.4, -0.2) is 43.6 Å². The molecular weight excluding hydrogens is 323 g/mol. The summed E-state index contributed by atoms with van der Waals surface area (Å²) in [5, 5.41) is 0. The van der Waals surface area contributed by atoms with Crippen LogP contribution in [0.4, 0.5) is 18.0 Å². The van der Waals surface area contributed by atoms with Crippen LogP contribution in [0.5, 0.6) is 0 Å². The quantitative estimate of drug-likeness (QED) is 0.734. The molecule has 0 unspecified atom stereocenters. The maximum Gasteiger partial charge on any atom is 0.501 e. The standard InChI is InChI=1S/C13H20F3NO4S/c1-11(2,3)21-10(18)17-7-6-9(12(4,5)8-17)22(19,20)13(14,15)16/h6H,7-8H2,1-5H3. The first-order valence-corrected chi connectivity index (χ1v) is 8.06. The lowest BCUT2D eigenvalue weighted by Gasteiger charge is -2.38. The van der Waals surface area contributed by atoms with Crippen LogP contribution in [-0.2, 0) is 14.6 Å². The van der Waals surface area contributed by atoms with E-state index in [1.807, 2.05) is 0 Å². The number of carbonyl (C=O) groups excluding carboxylic acids is 1. The van der Waals surface area contributed by atoms with E-state index in [1.165, 1.54) is 18.7 Å². The number of hydrogen-bond donors (Lipinski definition) is 0. The summed E-state index contributed by atoms with van der Waals surface area (Å²) in [5.41, 5.74) is -7.46. The molecule has 22 heavy (non-hydrogen) atoms. The summed E-state index contributed by atoms with van der Waals surface area (Å²) in [6.45, 7) is 7.25. The molecule has 0 spiro atoms. The SMILES string of the molecule is CC(C)(C)OC(=O)N1CC=C(S(=O)(=O)C(F)(F)F)C(C)(C)C1.